The molecule has 2 heteroatoms. The number of rotatable bonds is 4. The third kappa shape index (κ3) is 2.67. The Morgan fingerprint density at radius 2 is 2.00 bits per heavy atom. The molecule has 0 rings (SSSR count). The Balaban J connectivity index is 3.82. The van der Waals surface area contributed by atoms with Gasteiger partial charge in [0, 0.05) is 6.04 Å². The zero-order valence-corrected chi connectivity index (χ0v) is 7.57. The Kier molecular flexibility index (Phi) is 3.91. The van der Waals surface area contributed by atoms with Gasteiger partial charge >= 0.3 is 0 Å². The highest BCUT2D eigenvalue weighted by Crippen LogP contribution is 2.23. The van der Waals surface area contributed by atoms with Gasteiger partial charge in [-0.05, 0) is 32.4 Å². The van der Waals surface area contributed by atoms with Crippen molar-refractivity contribution in [2.45, 2.75) is 33.2 Å². The first-order chi connectivity index (χ1) is 4.54. The molecule has 0 fully saturated rings. The van der Waals surface area contributed by atoms with Gasteiger partial charge in [-0.2, -0.15) is 0 Å². The second kappa shape index (κ2) is 3.94. The molecule has 10 heavy (non-hydrogen) atoms. The second-order valence-electron chi connectivity index (χ2n) is 3.54. The molecule has 1 atom stereocenters. The van der Waals surface area contributed by atoms with Gasteiger partial charge in [0.25, 0.3) is 0 Å². The quantitative estimate of drug-likeness (QED) is 0.617. The normalized spacial score (nSPS) is 15.3. The molecular formula is C8H20N2. The van der Waals surface area contributed by atoms with Crippen molar-refractivity contribution in [3.8, 4) is 0 Å². The Labute approximate surface area is 64.2 Å². The molecule has 0 aromatic carbocycles. The molecule has 3 N–H and O–H groups in total. The highest BCUT2D eigenvalue weighted by Gasteiger charge is 2.22. The molecule has 0 radical (unpaired) electrons. The average Bonchev–Trinajstić information content (AvgIpc) is 1.86. The van der Waals surface area contributed by atoms with Gasteiger partial charge in [-0.1, -0.05) is 13.8 Å². The van der Waals surface area contributed by atoms with Crippen LogP contribution in [0.1, 0.15) is 27.2 Å². The van der Waals surface area contributed by atoms with Crippen molar-refractivity contribution in [2.24, 2.45) is 11.1 Å². The fourth-order valence-electron chi connectivity index (χ4n) is 0.979. The molecule has 0 bridgehead atoms. The van der Waals surface area contributed by atoms with Crippen LogP contribution in [0.3, 0.4) is 0 Å². The maximum absolute atomic E-state index is 5.48. The van der Waals surface area contributed by atoms with Crippen molar-refractivity contribution < 1.29 is 0 Å². The van der Waals surface area contributed by atoms with E-state index >= 15 is 0 Å². The van der Waals surface area contributed by atoms with E-state index in [2.05, 4.69) is 26.1 Å². The van der Waals surface area contributed by atoms with E-state index < -0.39 is 0 Å². The third-order valence-electron chi connectivity index (χ3n) is 2.39. The number of hydrogen-bond acceptors (Lipinski definition) is 2. The van der Waals surface area contributed by atoms with Crippen LogP contribution in [0.2, 0.25) is 0 Å². The lowest BCUT2D eigenvalue weighted by Gasteiger charge is -2.31. The van der Waals surface area contributed by atoms with Gasteiger partial charge in [0.1, 0.15) is 0 Å². The largest absolute Gasteiger partial charge is 0.330 e. The molecule has 2 nitrogen and oxygen atoms in total. The SMILES string of the molecule is CNC(C)C(C)(C)CCN. The monoisotopic (exact) mass is 144 g/mol. The Morgan fingerprint density at radius 1 is 1.50 bits per heavy atom. The maximum Gasteiger partial charge on any atom is 0.00873 e. The molecule has 0 saturated carbocycles. The molecule has 0 spiro atoms. The summed E-state index contributed by atoms with van der Waals surface area (Å²) in [5.41, 5.74) is 5.80. The van der Waals surface area contributed by atoms with E-state index in [1.54, 1.807) is 0 Å². The lowest BCUT2D eigenvalue weighted by molar-refractivity contribution is 0.252. The van der Waals surface area contributed by atoms with E-state index in [0.29, 0.717) is 11.5 Å². The summed E-state index contributed by atoms with van der Waals surface area (Å²) in [5, 5.41) is 3.23. The van der Waals surface area contributed by atoms with E-state index in [4.69, 9.17) is 5.73 Å². The van der Waals surface area contributed by atoms with Crippen LogP contribution in [0.25, 0.3) is 0 Å². The molecule has 0 aliphatic carbocycles. The third-order valence-corrected chi connectivity index (χ3v) is 2.39. The van der Waals surface area contributed by atoms with Gasteiger partial charge in [-0.25, -0.2) is 0 Å². The van der Waals surface area contributed by atoms with E-state index in [-0.39, 0.29) is 0 Å². The first-order valence-corrected chi connectivity index (χ1v) is 3.92. The van der Waals surface area contributed by atoms with Crippen LogP contribution in [0.4, 0.5) is 0 Å². The van der Waals surface area contributed by atoms with E-state index in [0.717, 1.165) is 13.0 Å². The van der Waals surface area contributed by atoms with Crippen molar-refractivity contribution in [3.05, 3.63) is 0 Å². The van der Waals surface area contributed by atoms with Gasteiger partial charge in [-0.15, -0.1) is 0 Å². The predicted octanol–water partition coefficient (Wildman–Crippen LogP) is 0.969. The van der Waals surface area contributed by atoms with Gasteiger partial charge in [0.15, 0.2) is 0 Å². The predicted molar refractivity (Wildman–Crippen MR) is 46.0 cm³/mol. The summed E-state index contributed by atoms with van der Waals surface area (Å²) >= 11 is 0. The van der Waals surface area contributed by atoms with Crippen LogP contribution in [0.5, 0.6) is 0 Å². The fraction of sp³-hybridized carbons (Fsp3) is 1.00. The zero-order valence-electron chi connectivity index (χ0n) is 7.57. The standard InChI is InChI=1S/C8H20N2/c1-7(10-4)8(2,3)5-6-9/h7,10H,5-6,9H2,1-4H3. The van der Waals surface area contributed by atoms with Crippen LogP contribution < -0.4 is 11.1 Å². The van der Waals surface area contributed by atoms with Crippen LogP contribution >= 0.6 is 0 Å². The lowest BCUT2D eigenvalue weighted by atomic mass is 9.82. The zero-order chi connectivity index (χ0) is 8.20. The molecule has 0 saturated heterocycles. The molecule has 0 aromatic heterocycles. The maximum atomic E-state index is 5.48. The summed E-state index contributed by atoms with van der Waals surface area (Å²) in [6.07, 6.45) is 1.08. The summed E-state index contributed by atoms with van der Waals surface area (Å²) in [6, 6.07) is 0.538. The Bertz CT molecular complexity index is 89.3. The first-order valence-electron chi connectivity index (χ1n) is 3.92. The second-order valence-corrected chi connectivity index (χ2v) is 3.54. The van der Waals surface area contributed by atoms with Crippen LogP contribution in [0.15, 0.2) is 0 Å². The van der Waals surface area contributed by atoms with Gasteiger partial charge < -0.3 is 11.1 Å². The van der Waals surface area contributed by atoms with Crippen LogP contribution in [0, 0.1) is 5.41 Å². The lowest BCUT2D eigenvalue weighted by Crippen LogP contribution is -2.38. The van der Waals surface area contributed by atoms with Crippen molar-refractivity contribution >= 4 is 0 Å². The Hall–Kier alpha value is -0.0800. The van der Waals surface area contributed by atoms with E-state index in [9.17, 15) is 0 Å². The summed E-state index contributed by atoms with van der Waals surface area (Å²) in [6.45, 7) is 7.44. The molecule has 0 amide bonds. The first kappa shape index (κ1) is 9.92. The minimum Gasteiger partial charge on any atom is -0.330 e. The van der Waals surface area contributed by atoms with Gasteiger partial charge in [0.05, 0.1) is 0 Å². The molecule has 1 unspecified atom stereocenters. The van der Waals surface area contributed by atoms with Crippen molar-refractivity contribution in [3.63, 3.8) is 0 Å². The number of nitrogens with two attached hydrogens (primary N) is 1. The fourth-order valence-corrected chi connectivity index (χ4v) is 0.979. The van der Waals surface area contributed by atoms with Crippen molar-refractivity contribution in [1.29, 1.82) is 0 Å². The van der Waals surface area contributed by atoms with Gasteiger partial charge in [-0.3, -0.25) is 0 Å². The summed E-state index contributed by atoms with van der Waals surface area (Å²) in [4.78, 5) is 0. The molecule has 0 aromatic rings. The summed E-state index contributed by atoms with van der Waals surface area (Å²) in [5.74, 6) is 0. The Morgan fingerprint density at radius 3 is 2.30 bits per heavy atom. The highest BCUT2D eigenvalue weighted by molar-refractivity contribution is 4.79. The number of hydrogen-bond donors (Lipinski definition) is 2. The smallest absolute Gasteiger partial charge is 0.00873 e. The van der Waals surface area contributed by atoms with Crippen molar-refractivity contribution in [2.75, 3.05) is 13.6 Å². The minimum atomic E-state index is 0.323. The van der Waals surface area contributed by atoms with E-state index in [1.807, 2.05) is 7.05 Å². The molecule has 0 heterocycles. The number of nitrogens with one attached hydrogen (secondary N) is 1. The van der Waals surface area contributed by atoms with Crippen LogP contribution in [-0.4, -0.2) is 19.6 Å². The van der Waals surface area contributed by atoms with Crippen molar-refractivity contribution in [1.82, 2.24) is 5.32 Å². The van der Waals surface area contributed by atoms with Crippen LogP contribution in [-0.2, 0) is 0 Å². The topological polar surface area (TPSA) is 38.0 Å². The average molecular weight is 144 g/mol. The highest BCUT2D eigenvalue weighted by atomic mass is 14.9. The molecular weight excluding hydrogens is 124 g/mol. The summed E-state index contributed by atoms with van der Waals surface area (Å²) < 4.78 is 0. The minimum absolute atomic E-state index is 0.323. The molecule has 0 aliphatic heterocycles. The van der Waals surface area contributed by atoms with E-state index in [1.165, 1.54) is 0 Å². The molecule has 62 valence electrons. The molecule has 0 aliphatic rings. The summed E-state index contributed by atoms with van der Waals surface area (Å²) in [7, 11) is 1.99. The van der Waals surface area contributed by atoms with Gasteiger partial charge in [0.2, 0.25) is 0 Å².